The topological polar surface area (TPSA) is 58.8 Å². The van der Waals surface area contributed by atoms with Gasteiger partial charge in [-0.15, -0.1) is 0 Å². The van der Waals surface area contributed by atoms with Crippen LogP contribution in [0.3, 0.4) is 0 Å². The standard InChI is InChI=1S/C18H35N3O2/c1-18(2,3)23-17(22)21-11-9-16(10-12-21)20(4)13-14-5-7-15(19)8-6-14/h14-16H,5-13,19H2,1-4H3/t14-,15-. The first kappa shape index (κ1) is 18.5. The second-order valence-corrected chi connectivity index (χ2v) is 8.42. The van der Waals surface area contributed by atoms with Gasteiger partial charge in [-0.3, -0.25) is 0 Å². The molecule has 2 rings (SSSR count). The zero-order valence-corrected chi connectivity index (χ0v) is 15.4. The Morgan fingerprint density at radius 2 is 1.70 bits per heavy atom. The van der Waals surface area contributed by atoms with E-state index in [2.05, 4.69) is 11.9 Å². The van der Waals surface area contributed by atoms with Crippen LogP contribution in [-0.4, -0.2) is 60.3 Å². The van der Waals surface area contributed by atoms with E-state index in [-0.39, 0.29) is 6.09 Å². The normalized spacial score (nSPS) is 27.3. The molecule has 5 nitrogen and oxygen atoms in total. The number of likely N-dealkylation sites (tertiary alicyclic amines) is 1. The molecule has 2 fully saturated rings. The van der Waals surface area contributed by atoms with Gasteiger partial charge >= 0.3 is 6.09 Å². The summed E-state index contributed by atoms with van der Waals surface area (Å²) in [4.78, 5) is 16.5. The van der Waals surface area contributed by atoms with E-state index in [0.717, 1.165) is 31.8 Å². The third-order valence-corrected chi connectivity index (χ3v) is 5.18. The van der Waals surface area contributed by atoms with Crippen molar-refractivity contribution in [3.63, 3.8) is 0 Å². The third kappa shape index (κ3) is 5.96. The van der Waals surface area contributed by atoms with Gasteiger partial charge in [0.1, 0.15) is 5.60 Å². The van der Waals surface area contributed by atoms with E-state index in [4.69, 9.17) is 10.5 Å². The maximum atomic E-state index is 12.1. The fourth-order valence-corrected chi connectivity index (χ4v) is 3.74. The molecule has 134 valence electrons. The van der Waals surface area contributed by atoms with E-state index in [1.54, 1.807) is 0 Å². The Balaban J connectivity index is 1.72. The zero-order valence-electron chi connectivity index (χ0n) is 15.4. The van der Waals surface area contributed by atoms with Crippen LogP contribution in [0.1, 0.15) is 59.3 Å². The van der Waals surface area contributed by atoms with E-state index in [1.807, 2.05) is 25.7 Å². The number of nitrogens with zero attached hydrogens (tertiary/aromatic N) is 2. The molecule has 1 amide bonds. The van der Waals surface area contributed by atoms with Crippen molar-refractivity contribution >= 4 is 6.09 Å². The monoisotopic (exact) mass is 325 g/mol. The molecule has 0 aromatic rings. The number of rotatable bonds is 3. The van der Waals surface area contributed by atoms with Crippen molar-refractivity contribution in [1.82, 2.24) is 9.80 Å². The molecule has 0 aromatic heterocycles. The maximum Gasteiger partial charge on any atom is 0.410 e. The van der Waals surface area contributed by atoms with Crippen molar-refractivity contribution < 1.29 is 9.53 Å². The summed E-state index contributed by atoms with van der Waals surface area (Å²) < 4.78 is 5.47. The van der Waals surface area contributed by atoms with Crippen LogP contribution in [0.15, 0.2) is 0 Å². The summed E-state index contributed by atoms with van der Waals surface area (Å²) in [5.74, 6) is 0.795. The Labute approximate surface area is 141 Å². The lowest BCUT2D eigenvalue weighted by Crippen LogP contribution is -2.48. The van der Waals surface area contributed by atoms with Crippen LogP contribution in [-0.2, 0) is 4.74 Å². The largest absolute Gasteiger partial charge is 0.444 e. The Kier molecular flexibility index (Phi) is 6.32. The number of nitrogens with two attached hydrogens (primary N) is 1. The number of piperidine rings is 1. The van der Waals surface area contributed by atoms with Crippen LogP contribution >= 0.6 is 0 Å². The highest BCUT2D eigenvalue weighted by atomic mass is 16.6. The van der Waals surface area contributed by atoms with E-state index in [9.17, 15) is 4.79 Å². The third-order valence-electron chi connectivity index (χ3n) is 5.18. The minimum absolute atomic E-state index is 0.167. The van der Waals surface area contributed by atoms with E-state index >= 15 is 0 Å². The zero-order chi connectivity index (χ0) is 17.0. The number of ether oxygens (including phenoxy) is 1. The lowest BCUT2D eigenvalue weighted by Gasteiger charge is -2.39. The molecule has 0 radical (unpaired) electrons. The summed E-state index contributed by atoms with van der Waals surface area (Å²) in [5, 5.41) is 0. The van der Waals surface area contributed by atoms with E-state index in [1.165, 1.54) is 32.2 Å². The molecule has 5 heteroatoms. The number of amides is 1. The predicted molar refractivity (Wildman–Crippen MR) is 93.4 cm³/mol. The van der Waals surface area contributed by atoms with Gasteiger partial charge in [0, 0.05) is 31.7 Å². The summed E-state index contributed by atoms with van der Waals surface area (Å²) in [7, 11) is 2.24. The van der Waals surface area contributed by atoms with Crippen molar-refractivity contribution in [1.29, 1.82) is 0 Å². The second-order valence-electron chi connectivity index (χ2n) is 8.42. The number of carbonyl (C=O) groups is 1. The molecule has 1 aliphatic carbocycles. The second kappa shape index (κ2) is 7.84. The average Bonchev–Trinajstić information content (AvgIpc) is 2.48. The predicted octanol–water partition coefficient (Wildman–Crippen LogP) is 2.84. The van der Waals surface area contributed by atoms with Crippen molar-refractivity contribution in [2.45, 2.75) is 77.0 Å². The Hall–Kier alpha value is -0.810. The SMILES string of the molecule is CN(C[C@H]1CC[C@H](N)CC1)C1CCN(C(=O)OC(C)(C)C)CC1. The van der Waals surface area contributed by atoms with E-state index in [0.29, 0.717) is 12.1 Å². The van der Waals surface area contributed by atoms with Gasteiger partial charge in [0.15, 0.2) is 0 Å². The highest BCUT2D eigenvalue weighted by molar-refractivity contribution is 5.68. The van der Waals surface area contributed by atoms with Gasteiger partial charge < -0.3 is 20.3 Å². The Bertz CT molecular complexity index is 378. The van der Waals surface area contributed by atoms with Crippen LogP contribution in [0.2, 0.25) is 0 Å². The fraction of sp³-hybridized carbons (Fsp3) is 0.944. The molecule has 0 bridgehead atoms. The molecule has 1 aliphatic heterocycles. The summed E-state index contributed by atoms with van der Waals surface area (Å²) in [6.45, 7) is 8.53. The smallest absolute Gasteiger partial charge is 0.410 e. The molecule has 2 aliphatic rings. The van der Waals surface area contributed by atoms with Gasteiger partial charge in [0.25, 0.3) is 0 Å². The molecule has 0 spiro atoms. The van der Waals surface area contributed by atoms with Gasteiger partial charge in [0.05, 0.1) is 0 Å². The van der Waals surface area contributed by atoms with Gasteiger partial charge in [-0.05, 0) is 72.3 Å². The summed E-state index contributed by atoms with van der Waals surface area (Å²) in [6.07, 6.45) is 6.81. The highest BCUT2D eigenvalue weighted by Crippen LogP contribution is 2.26. The van der Waals surface area contributed by atoms with Gasteiger partial charge in [-0.1, -0.05) is 0 Å². The molecule has 0 unspecified atom stereocenters. The van der Waals surface area contributed by atoms with Crippen molar-refractivity contribution in [3.8, 4) is 0 Å². The highest BCUT2D eigenvalue weighted by Gasteiger charge is 2.29. The minimum atomic E-state index is -0.410. The molecule has 23 heavy (non-hydrogen) atoms. The number of hydrogen-bond donors (Lipinski definition) is 1. The first-order valence-electron chi connectivity index (χ1n) is 9.18. The molecule has 1 saturated carbocycles. The lowest BCUT2D eigenvalue weighted by atomic mass is 9.86. The number of carbonyl (C=O) groups excluding carboxylic acids is 1. The van der Waals surface area contributed by atoms with Crippen LogP contribution in [0.5, 0.6) is 0 Å². The summed E-state index contributed by atoms with van der Waals surface area (Å²) in [6, 6.07) is 1.01. The van der Waals surface area contributed by atoms with Gasteiger partial charge in [0.2, 0.25) is 0 Å². The minimum Gasteiger partial charge on any atom is -0.444 e. The molecule has 0 aromatic carbocycles. The van der Waals surface area contributed by atoms with Crippen molar-refractivity contribution in [3.05, 3.63) is 0 Å². The average molecular weight is 325 g/mol. The van der Waals surface area contributed by atoms with Crippen molar-refractivity contribution in [2.75, 3.05) is 26.7 Å². The lowest BCUT2D eigenvalue weighted by molar-refractivity contribution is 0.0147. The molecule has 1 heterocycles. The Morgan fingerprint density at radius 1 is 1.13 bits per heavy atom. The van der Waals surface area contributed by atoms with Gasteiger partial charge in [-0.2, -0.15) is 0 Å². The fourth-order valence-electron chi connectivity index (χ4n) is 3.74. The maximum absolute atomic E-state index is 12.1. The summed E-state index contributed by atoms with van der Waals surface area (Å²) in [5.41, 5.74) is 5.58. The summed E-state index contributed by atoms with van der Waals surface area (Å²) >= 11 is 0. The first-order valence-corrected chi connectivity index (χ1v) is 9.18. The molecular weight excluding hydrogens is 290 g/mol. The quantitative estimate of drug-likeness (QED) is 0.867. The van der Waals surface area contributed by atoms with Crippen LogP contribution < -0.4 is 5.73 Å². The van der Waals surface area contributed by atoms with Crippen LogP contribution in [0.4, 0.5) is 4.79 Å². The van der Waals surface area contributed by atoms with E-state index < -0.39 is 5.60 Å². The van der Waals surface area contributed by atoms with Crippen LogP contribution in [0, 0.1) is 5.92 Å². The number of hydrogen-bond acceptors (Lipinski definition) is 4. The molecule has 1 saturated heterocycles. The molecular formula is C18H35N3O2. The van der Waals surface area contributed by atoms with Crippen LogP contribution in [0.25, 0.3) is 0 Å². The Morgan fingerprint density at radius 3 is 2.22 bits per heavy atom. The first-order chi connectivity index (χ1) is 10.7. The van der Waals surface area contributed by atoms with Gasteiger partial charge in [-0.25, -0.2) is 4.79 Å². The molecule has 2 N–H and O–H groups in total. The molecule has 0 atom stereocenters. The van der Waals surface area contributed by atoms with Crippen molar-refractivity contribution in [2.24, 2.45) is 11.7 Å².